The summed E-state index contributed by atoms with van der Waals surface area (Å²) in [5.41, 5.74) is 5.00. The lowest BCUT2D eigenvalue weighted by molar-refractivity contribution is 0.0830. The van der Waals surface area contributed by atoms with Gasteiger partial charge in [0.2, 0.25) is 0 Å². The fraction of sp³-hybridized carbons (Fsp3) is 0.406. The van der Waals surface area contributed by atoms with Crippen LogP contribution in [0.1, 0.15) is 46.8 Å². The van der Waals surface area contributed by atoms with Crippen molar-refractivity contribution in [3.05, 3.63) is 89.0 Å². The molecule has 0 radical (unpaired) electrons. The van der Waals surface area contributed by atoms with Crippen LogP contribution in [0.15, 0.2) is 66.7 Å². The number of aliphatic hydroxyl groups excluding tert-OH is 1. The van der Waals surface area contributed by atoms with Gasteiger partial charge in [0.05, 0.1) is 30.2 Å². The largest absolute Gasteiger partial charge is 0.493 e. The number of aliphatic hydroxyl groups is 1. The van der Waals surface area contributed by atoms with E-state index >= 15 is 0 Å². The predicted molar refractivity (Wildman–Crippen MR) is 170 cm³/mol. The third-order valence-electron chi connectivity index (χ3n) is 7.75. The molecule has 2 heterocycles. The number of hydrogen-bond acceptors (Lipinski definition) is 8. The van der Waals surface area contributed by atoms with E-state index in [1.807, 2.05) is 49.4 Å². The van der Waals surface area contributed by atoms with E-state index in [0.717, 1.165) is 41.8 Å². The number of nitrogens with zero attached hydrogens (tertiary/aromatic N) is 1. The number of nitrogens with one attached hydrogen (secondary N) is 3. The van der Waals surface area contributed by atoms with E-state index in [4.69, 9.17) is 4.74 Å². The topological polar surface area (TPSA) is 126 Å². The Morgan fingerprint density at radius 3 is 2.67 bits per heavy atom. The molecule has 0 spiro atoms. The quantitative estimate of drug-likeness (QED) is 0.176. The van der Waals surface area contributed by atoms with Crippen molar-refractivity contribution in [2.24, 2.45) is 0 Å². The minimum atomic E-state index is -2.95. The Kier molecular flexibility index (Phi) is 9.91. The highest BCUT2D eigenvalue weighted by atomic mass is 32.3. The molecule has 10 heteroatoms. The van der Waals surface area contributed by atoms with Crippen molar-refractivity contribution in [1.29, 1.82) is 0 Å². The van der Waals surface area contributed by atoms with E-state index in [0.29, 0.717) is 49.7 Å². The molecule has 226 valence electrons. The molecule has 2 atom stereocenters. The predicted octanol–water partition coefficient (Wildman–Crippen LogP) is 4.81. The van der Waals surface area contributed by atoms with Crippen LogP contribution in [0.25, 0.3) is 0 Å². The smallest absolute Gasteiger partial charge is 0.251 e. The molecule has 0 bridgehead atoms. The zero-order valence-corrected chi connectivity index (χ0v) is 24.9. The van der Waals surface area contributed by atoms with Crippen molar-refractivity contribution in [3.63, 3.8) is 0 Å². The summed E-state index contributed by atoms with van der Waals surface area (Å²) in [6, 6.07) is 20.7. The summed E-state index contributed by atoms with van der Waals surface area (Å²) < 4.78 is 28.8. The van der Waals surface area contributed by atoms with Gasteiger partial charge in [-0.2, -0.15) is 0 Å². The number of amides is 1. The minimum Gasteiger partial charge on any atom is -0.493 e. The molecule has 0 aliphatic carbocycles. The van der Waals surface area contributed by atoms with Crippen molar-refractivity contribution in [1.82, 2.24) is 10.6 Å². The normalized spacial score (nSPS) is 18.0. The van der Waals surface area contributed by atoms with Gasteiger partial charge in [0.1, 0.15) is 5.75 Å². The minimum absolute atomic E-state index is 0.285. The van der Waals surface area contributed by atoms with Crippen LogP contribution in [-0.4, -0.2) is 64.3 Å². The van der Waals surface area contributed by atoms with Crippen LogP contribution in [0.5, 0.6) is 5.75 Å². The standard InChI is InChI=1S/C32H42N4O5S/c1-2-34-27-18-26(19-28(20-27)36-13-6-7-15-42(36,39)40)32(38)35-29(16-23-8-4-3-5-9-23)30(37)22-33-21-24-10-11-25-12-14-41-31(25)17-24/h3-5,8-11,17-20,29-30,33-34,37,39-40H,2,6-7,12-16,21-22H2,1H3,(H,35,38)/t29-,30-/m0/s1. The van der Waals surface area contributed by atoms with Crippen LogP contribution in [0.3, 0.4) is 0 Å². The number of carbonyl (C=O) groups excluding carboxylic acids is 1. The number of benzene rings is 3. The summed E-state index contributed by atoms with van der Waals surface area (Å²) in [6.07, 6.45) is 2.13. The highest BCUT2D eigenvalue weighted by Crippen LogP contribution is 2.50. The first-order valence-corrected chi connectivity index (χ1v) is 16.4. The molecule has 3 aromatic carbocycles. The lowest BCUT2D eigenvalue weighted by atomic mass is 10.00. The van der Waals surface area contributed by atoms with Gasteiger partial charge >= 0.3 is 0 Å². The fourth-order valence-electron chi connectivity index (χ4n) is 5.53. The lowest BCUT2D eigenvalue weighted by Crippen LogP contribution is -2.48. The monoisotopic (exact) mass is 594 g/mol. The van der Waals surface area contributed by atoms with Gasteiger partial charge in [-0.05, 0) is 67.1 Å². The van der Waals surface area contributed by atoms with E-state index in [1.54, 1.807) is 16.4 Å². The molecular weight excluding hydrogens is 552 g/mol. The Morgan fingerprint density at radius 1 is 1.05 bits per heavy atom. The van der Waals surface area contributed by atoms with Crippen LogP contribution in [0, 0.1) is 0 Å². The van der Waals surface area contributed by atoms with Crippen molar-refractivity contribution in [2.75, 3.05) is 41.6 Å². The first-order chi connectivity index (χ1) is 20.3. The highest BCUT2D eigenvalue weighted by molar-refractivity contribution is 8.25. The molecule has 3 aromatic rings. The number of rotatable bonds is 12. The average Bonchev–Trinajstić information content (AvgIpc) is 3.45. The Hall–Kier alpha value is -3.28. The Morgan fingerprint density at radius 2 is 1.88 bits per heavy atom. The van der Waals surface area contributed by atoms with Gasteiger partial charge in [0.15, 0.2) is 0 Å². The molecule has 2 aliphatic heterocycles. The molecule has 0 saturated carbocycles. The third kappa shape index (κ3) is 7.56. The molecule has 5 rings (SSSR count). The van der Waals surface area contributed by atoms with Crippen LogP contribution in [-0.2, 0) is 19.4 Å². The SMILES string of the molecule is CCNc1cc(C(=O)N[C@@H](Cc2ccccc2)[C@@H](O)CNCc2ccc3c(c2)OCC3)cc(N2CCCCS2(O)O)c1. The van der Waals surface area contributed by atoms with Crippen LogP contribution in [0.4, 0.5) is 11.4 Å². The summed E-state index contributed by atoms with van der Waals surface area (Å²) in [6.45, 7) is 4.69. The third-order valence-corrected chi connectivity index (χ3v) is 9.69. The zero-order valence-electron chi connectivity index (χ0n) is 24.1. The molecule has 6 N–H and O–H groups in total. The Balaban J connectivity index is 1.31. The first kappa shape index (κ1) is 30.2. The number of fused-ring (bicyclic) bond motifs is 1. The van der Waals surface area contributed by atoms with Gasteiger partial charge in [-0.15, -0.1) is 10.8 Å². The molecule has 0 aromatic heterocycles. The second-order valence-electron chi connectivity index (χ2n) is 11.0. The summed E-state index contributed by atoms with van der Waals surface area (Å²) in [5.74, 6) is 0.908. The van der Waals surface area contributed by atoms with Crippen molar-refractivity contribution in [2.45, 2.75) is 51.3 Å². The molecule has 1 saturated heterocycles. The Labute approximate surface area is 249 Å². The van der Waals surface area contributed by atoms with Gasteiger partial charge < -0.3 is 25.8 Å². The molecule has 1 fully saturated rings. The Bertz CT molecular complexity index is 1360. The van der Waals surface area contributed by atoms with E-state index in [1.165, 1.54) is 5.56 Å². The van der Waals surface area contributed by atoms with E-state index in [9.17, 15) is 19.0 Å². The molecule has 2 aliphatic rings. The summed E-state index contributed by atoms with van der Waals surface area (Å²) in [5, 5.41) is 20.9. The maximum Gasteiger partial charge on any atom is 0.251 e. The molecule has 1 amide bonds. The molecular formula is C32H42N4O5S. The average molecular weight is 595 g/mol. The van der Waals surface area contributed by atoms with Crippen molar-refractivity contribution < 1.29 is 23.7 Å². The summed E-state index contributed by atoms with van der Waals surface area (Å²) >= 11 is 0. The second kappa shape index (κ2) is 13.8. The van der Waals surface area contributed by atoms with Gasteiger partial charge in [-0.3, -0.25) is 18.2 Å². The van der Waals surface area contributed by atoms with Crippen LogP contribution < -0.4 is 25.0 Å². The lowest BCUT2D eigenvalue weighted by Gasteiger charge is -2.47. The van der Waals surface area contributed by atoms with Gasteiger partial charge in [0.25, 0.3) is 5.91 Å². The number of ether oxygens (including phenoxy) is 1. The molecule has 42 heavy (non-hydrogen) atoms. The van der Waals surface area contributed by atoms with E-state index in [-0.39, 0.29) is 12.5 Å². The molecule has 9 nitrogen and oxygen atoms in total. The van der Waals surface area contributed by atoms with Gasteiger partial charge in [0, 0.05) is 43.9 Å². The number of hydrogen-bond donors (Lipinski definition) is 6. The summed E-state index contributed by atoms with van der Waals surface area (Å²) in [7, 11) is -2.95. The summed E-state index contributed by atoms with van der Waals surface area (Å²) in [4.78, 5) is 13.7. The van der Waals surface area contributed by atoms with Crippen molar-refractivity contribution in [3.8, 4) is 5.75 Å². The van der Waals surface area contributed by atoms with E-state index < -0.39 is 22.9 Å². The van der Waals surface area contributed by atoms with Crippen LogP contribution in [0.2, 0.25) is 0 Å². The van der Waals surface area contributed by atoms with Gasteiger partial charge in [-0.1, -0.05) is 42.5 Å². The van der Waals surface area contributed by atoms with Gasteiger partial charge in [-0.25, -0.2) is 0 Å². The molecule has 0 unspecified atom stereocenters. The second-order valence-corrected chi connectivity index (χ2v) is 13.1. The number of carbonyl (C=O) groups is 1. The zero-order chi connectivity index (χ0) is 29.5. The maximum absolute atomic E-state index is 13.7. The highest BCUT2D eigenvalue weighted by Gasteiger charge is 2.28. The number of anilines is 2. The van der Waals surface area contributed by atoms with Crippen LogP contribution >= 0.6 is 10.8 Å². The fourth-order valence-corrected chi connectivity index (χ4v) is 7.20. The maximum atomic E-state index is 13.7. The van der Waals surface area contributed by atoms with E-state index in [2.05, 4.69) is 28.1 Å². The first-order valence-electron chi connectivity index (χ1n) is 14.7. The van der Waals surface area contributed by atoms with Crippen molar-refractivity contribution >= 4 is 28.1 Å².